The zero-order chi connectivity index (χ0) is 12.9. The Morgan fingerprint density at radius 3 is 2.35 bits per heavy atom. The van der Waals surface area contributed by atoms with Gasteiger partial charge in [0.05, 0.1) is 12.7 Å². The molecule has 0 heterocycles. The molecule has 102 valence electrons. The van der Waals surface area contributed by atoms with Gasteiger partial charge < -0.3 is 14.6 Å². The fourth-order valence-electron chi connectivity index (χ4n) is 1.36. The summed E-state index contributed by atoms with van der Waals surface area (Å²) in [5.41, 5.74) is 0. The molecular formula is C13H26O4. The predicted molar refractivity (Wildman–Crippen MR) is 67.0 cm³/mol. The number of carbonyl (C=O) groups excluding carboxylic acids is 1. The number of hydrogen-bond acceptors (Lipinski definition) is 4. The van der Waals surface area contributed by atoms with Crippen LogP contribution >= 0.6 is 0 Å². The molecule has 4 nitrogen and oxygen atoms in total. The van der Waals surface area contributed by atoms with Crippen molar-refractivity contribution in [2.45, 2.75) is 64.9 Å². The zero-order valence-corrected chi connectivity index (χ0v) is 11.1. The summed E-state index contributed by atoms with van der Waals surface area (Å²) in [4.78, 5) is 11.0. The number of hydrogen-bond donors (Lipinski definition) is 1. The Labute approximate surface area is 104 Å². The molecule has 0 aromatic rings. The molecule has 0 aromatic heterocycles. The summed E-state index contributed by atoms with van der Waals surface area (Å²) >= 11 is 0. The molecule has 0 amide bonds. The number of carbonyl (C=O) groups is 1. The van der Waals surface area contributed by atoms with Crippen LogP contribution in [0.1, 0.15) is 58.8 Å². The average molecular weight is 246 g/mol. The summed E-state index contributed by atoms with van der Waals surface area (Å²) in [6.07, 6.45) is 6.25. The van der Waals surface area contributed by atoms with Gasteiger partial charge in [0.15, 0.2) is 0 Å². The molecule has 0 aliphatic carbocycles. The predicted octanol–water partition coefficient (Wildman–Crippen LogP) is 3.27. The number of aliphatic hydroxyl groups excluding tert-OH is 1. The third kappa shape index (κ3) is 11.5. The molecule has 0 saturated carbocycles. The van der Waals surface area contributed by atoms with Crippen LogP contribution in [0.2, 0.25) is 0 Å². The number of rotatable bonds is 10. The van der Waals surface area contributed by atoms with Crippen molar-refractivity contribution in [3.8, 4) is 0 Å². The maximum absolute atomic E-state index is 11.0. The first-order valence-electron chi connectivity index (χ1n) is 6.68. The average Bonchev–Trinajstić information content (AvgIpc) is 2.34. The maximum atomic E-state index is 11.0. The van der Waals surface area contributed by atoms with Gasteiger partial charge >= 0.3 is 6.16 Å². The Balaban J connectivity index is 3.22. The fourth-order valence-corrected chi connectivity index (χ4v) is 1.36. The van der Waals surface area contributed by atoms with E-state index in [4.69, 9.17) is 14.6 Å². The van der Waals surface area contributed by atoms with Crippen LogP contribution in [-0.4, -0.2) is 30.6 Å². The van der Waals surface area contributed by atoms with Crippen molar-refractivity contribution >= 4 is 6.16 Å². The van der Waals surface area contributed by atoms with Gasteiger partial charge in [0, 0.05) is 0 Å². The summed E-state index contributed by atoms with van der Waals surface area (Å²) in [7, 11) is 0. The minimum absolute atomic E-state index is 0.0197. The topological polar surface area (TPSA) is 55.8 Å². The Morgan fingerprint density at radius 2 is 1.71 bits per heavy atom. The van der Waals surface area contributed by atoms with E-state index in [1.807, 2.05) is 6.92 Å². The van der Waals surface area contributed by atoms with E-state index < -0.39 is 12.3 Å². The molecule has 17 heavy (non-hydrogen) atoms. The van der Waals surface area contributed by atoms with Crippen molar-refractivity contribution in [3.05, 3.63) is 0 Å². The first-order valence-corrected chi connectivity index (χ1v) is 6.68. The molecule has 1 unspecified atom stereocenters. The molecule has 0 radical (unpaired) electrons. The molecule has 0 saturated heterocycles. The highest BCUT2D eigenvalue weighted by molar-refractivity contribution is 5.59. The van der Waals surface area contributed by atoms with E-state index in [9.17, 15) is 4.79 Å². The normalized spacial score (nSPS) is 12.2. The van der Waals surface area contributed by atoms with E-state index in [0.29, 0.717) is 13.0 Å². The Kier molecular flexibility index (Phi) is 11.2. The molecule has 1 atom stereocenters. The lowest BCUT2D eigenvalue weighted by Gasteiger charge is -2.09. The molecule has 0 rings (SSSR count). The van der Waals surface area contributed by atoms with Crippen LogP contribution < -0.4 is 0 Å². The van der Waals surface area contributed by atoms with Gasteiger partial charge in [-0.1, -0.05) is 46.0 Å². The van der Waals surface area contributed by atoms with Crippen molar-refractivity contribution in [3.63, 3.8) is 0 Å². The standard InChI is InChI=1S/C13H26O4/c1-3-5-6-7-8-9-10-16-13(15)17-11-12(14)4-2/h12,14H,3-11H2,1-2H3. The minimum Gasteiger partial charge on any atom is -0.434 e. The van der Waals surface area contributed by atoms with Crippen molar-refractivity contribution in [1.82, 2.24) is 0 Å². The van der Waals surface area contributed by atoms with Crippen LogP contribution in [0.15, 0.2) is 0 Å². The first-order chi connectivity index (χ1) is 8.20. The minimum atomic E-state index is -0.675. The summed E-state index contributed by atoms with van der Waals surface area (Å²) in [6, 6.07) is 0. The lowest BCUT2D eigenvalue weighted by Crippen LogP contribution is -2.18. The third-order valence-electron chi connectivity index (χ3n) is 2.58. The monoisotopic (exact) mass is 246 g/mol. The van der Waals surface area contributed by atoms with E-state index in [1.54, 1.807) is 0 Å². The third-order valence-corrected chi connectivity index (χ3v) is 2.58. The van der Waals surface area contributed by atoms with Crippen LogP contribution in [0.5, 0.6) is 0 Å². The highest BCUT2D eigenvalue weighted by Gasteiger charge is 2.07. The maximum Gasteiger partial charge on any atom is 0.508 e. The summed E-state index contributed by atoms with van der Waals surface area (Å²) in [5, 5.41) is 9.17. The second-order valence-electron chi connectivity index (χ2n) is 4.24. The first kappa shape index (κ1) is 16.2. The van der Waals surface area contributed by atoms with Crippen molar-refractivity contribution in [1.29, 1.82) is 0 Å². The van der Waals surface area contributed by atoms with Crippen molar-refractivity contribution in [2.24, 2.45) is 0 Å². The van der Waals surface area contributed by atoms with Crippen LogP contribution in [0.25, 0.3) is 0 Å². The highest BCUT2D eigenvalue weighted by Crippen LogP contribution is 2.05. The quantitative estimate of drug-likeness (QED) is 0.475. The van der Waals surface area contributed by atoms with Gasteiger partial charge in [-0.25, -0.2) is 4.79 Å². The molecule has 1 N–H and O–H groups in total. The van der Waals surface area contributed by atoms with E-state index >= 15 is 0 Å². The van der Waals surface area contributed by atoms with Crippen LogP contribution in [0.3, 0.4) is 0 Å². The summed E-state index contributed by atoms with van der Waals surface area (Å²) in [5.74, 6) is 0. The lowest BCUT2D eigenvalue weighted by atomic mass is 10.1. The molecule has 0 aliphatic rings. The van der Waals surface area contributed by atoms with E-state index in [0.717, 1.165) is 12.8 Å². The highest BCUT2D eigenvalue weighted by atomic mass is 16.7. The second-order valence-corrected chi connectivity index (χ2v) is 4.24. The van der Waals surface area contributed by atoms with Gasteiger partial charge in [0.2, 0.25) is 0 Å². The Bertz CT molecular complexity index is 182. The van der Waals surface area contributed by atoms with E-state index in [2.05, 4.69) is 6.92 Å². The largest absolute Gasteiger partial charge is 0.508 e. The van der Waals surface area contributed by atoms with E-state index in [1.165, 1.54) is 25.7 Å². The summed E-state index contributed by atoms with van der Waals surface area (Å²) < 4.78 is 9.60. The van der Waals surface area contributed by atoms with Gasteiger partial charge in [0.1, 0.15) is 6.61 Å². The Morgan fingerprint density at radius 1 is 1.06 bits per heavy atom. The molecule has 0 spiro atoms. The van der Waals surface area contributed by atoms with Crippen LogP contribution in [0.4, 0.5) is 4.79 Å². The SMILES string of the molecule is CCCCCCCCOC(=O)OCC(O)CC. The van der Waals surface area contributed by atoms with Crippen LogP contribution in [-0.2, 0) is 9.47 Å². The zero-order valence-electron chi connectivity index (χ0n) is 11.1. The lowest BCUT2D eigenvalue weighted by molar-refractivity contribution is 0.0174. The van der Waals surface area contributed by atoms with Gasteiger partial charge in [0.25, 0.3) is 0 Å². The van der Waals surface area contributed by atoms with Gasteiger partial charge in [-0.15, -0.1) is 0 Å². The van der Waals surface area contributed by atoms with Crippen molar-refractivity contribution in [2.75, 3.05) is 13.2 Å². The Hall–Kier alpha value is -0.770. The number of aliphatic hydroxyl groups is 1. The molecule has 4 heteroatoms. The summed E-state index contributed by atoms with van der Waals surface area (Å²) in [6.45, 7) is 4.44. The smallest absolute Gasteiger partial charge is 0.434 e. The molecule has 0 aliphatic heterocycles. The van der Waals surface area contributed by atoms with Gasteiger partial charge in [-0.3, -0.25) is 0 Å². The van der Waals surface area contributed by atoms with Gasteiger partial charge in [-0.05, 0) is 12.8 Å². The van der Waals surface area contributed by atoms with Crippen molar-refractivity contribution < 1.29 is 19.4 Å². The second kappa shape index (κ2) is 11.7. The molecule has 0 aromatic carbocycles. The molecule has 0 bridgehead atoms. The van der Waals surface area contributed by atoms with E-state index in [-0.39, 0.29) is 6.61 Å². The fraction of sp³-hybridized carbons (Fsp3) is 0.923. The number of ether oxygens (including phenoxy) is 2. The molecular weight excluding hydrogens is 220 g/mol. The number of unbranched alkanes of at least 4 members (excludes halogenated alkanes) is 5. The van der Waals surface area contributed by atoms with Gasteiger partial charge in [-0.2, -0.15) is 0 Å². The van der Waals surface area contributed by atoms with Crippen LogP contribution in [0, 0.1) is 0 Å². The molecule has 0 fully saturated rings.